The molecule has 0 aliphatic heterocycles. The van der Waals surface area contributed by atoms with Crippen molar-refractivity contribution in [2.75, 3.05) is 13.6 Å². The second kappa shape index (κ2) is 10.1. The first kappa shape index (κ1) is 20.9. The van der Waals surface area contributed by atoms with E-state index in [0.29, 0.717) is 5.92 Å². The first-order chi connectivity index (χ1) is 13.6. The number of hydrogen-bond donors (Lipinski definition) is 0. The van der Waals surface area contributed by atoms with Crippen LogP contribution in [0.3, 0.4) is 0 Å². The molecule has 0 aromatic heterocycles. The Hall–Kier alpha value is -1.82. The van der Waals surface area contributed by atoms with E-state index in [0.717, 1.165) is 49.4 Å². The normalized spacial score (nSPS) is 17.2. The van der Waals surface area contributed by atoms with Crippen LogP contribution in [0, 0.1) is 17.2 Å². The predicted molar refractivity (Wildman–Crippen MR) is 117 cm³/mol. The zero-order chi connectivity index (χ0) is 19.8. The molecule has 0 radical (unpaired) electrons. The standard InChI is InChI=1S/C25H31ClN2/c1-28(19-21-9-4-2-5-10-21)18-8-17-25(20-27,22-11-6-3-7-12-22)23-13-15-24(26)16-14-23/h2,4-5,9-10,13-16,22H,3,6-8,11-12,17-19H2,1H3. The Morgan fingerprint density at radius 1 is 1.04 bits per heavy atom. The fraction of sp³-hybridized carbons (Fsp3) is 0.480. The van der Waals surface area contributed by atoms with Gasteiger partial charge in [-0.3, -0.25) is 0 Å². The van der Waals surface area contributed by atoms with E-state index in [1.165, 1.54) is 24.8 Å². The molecular weight excluding hydrogens is 364 g/mol. The van der Waals surface area contributed by atoms with E-state index in [1.54, 1.807) is 0 Å². The van der Waals surface area contributed by atoms with Crippen molar-refractivity contribution in [2.45, 2.75) is 56.9 Å². The maximum atomic E-state index is 10.4. The van der Waals surface area contributed by atoms with Gasteiger partial charge in [-0.05, 0) is 68.5 Å². The molecule has 0 spiro atoms. The van der Waals surface area contributed by atoms with Crippen molar-refractivity contribution in [1.82, 2.24) is 4.90 Å². The highest BCUT2D eigenvalue weighted by molar-refractivity contribution is 6.30. The fourth-order valence-electron chi connectivity index (χ4n) is 4.74. The molecule has 28 heavy (non-hydrogen) atoms. The van der Waals surface area contributed by atoms with Crippen molar-refractivity contribution < 1.29 is 0 Å². The molecule has 2 aromatic rings. The van der Waals surface area contributed by atoms with Crippen molar-refractivity contribution in [2.24, 2.45) is 5.92 Å². The molecule has 0 bridgehead atoms. The highest BCUT2D eigenvalue weighted by atomic mass is 35.5. The first-order valence-corrected chi connectivity index (χ1v) is 10.9. The van der Waals surface area contributed by atoms with Gasteiger partial charge in [0.1, 0.15) is 0 Å². The van der Waals surface area contributed by atoms with Gasteiger partial charge in [0.2, 0.25) is 0 Å². The smallest absolute Gasteiger partial charge is 0.0850 e. The maximum Gasteiger partial charge on any atom is 0.0850 e. The molecule has 1 unspecified atom stereocenters. The SMILES string of the molecule is CN(CCCC(C#N)(c1ccc(Cl)cc1)C1CCCCC1)Cc1ccccc1. The number of hydrogen-bond acceptors (Lipinski definition) is 2. The van der Waals surface area contributed by atoms with Gasteiger partial charge >= 0.3 is 0 Å². The van der Waals surface area contributed by atoms with Gasteiger partial charge in [-0.25, -0.2) is 0 Å². The van der Waals surface area contributed by atoms with Crippen LogP contribution in [0.4, 0.5) is 0 Å². The van der Waals surface area contributed by atoms with E-state index in [-0.39, 0.29) is 0 Å². The molecule has 0 saturated heterocycles. The van der Waals surface area contributed by atoms with E-state index >= 15 is 0 Å². The largest absolute Gasteiger partial charge is 0.302 e. The molecule has 2 nitrogen and oxygen atoms in total. The van der Waals surface area contributed by atoms with Gasteiger partial charge in [0, 0.05) is 11.6 Å². The third kappa shape index (κ3) is 5.16. The van der Waals surface area contributed by atoms with E-state index in [4.69, 9.17) is 11.6 Å². The number of rotatable bonds is 8. The minimum atomic E-state index is -0.390. The summed E-state index contributed by atoms with van der Waals surface area (Å²) >= 11 is 6.12. The second-order valence-corrected chi connectivity index (χ2v) is 8.69. The number of halogens is 1. The number of benzene rings is 2. The highest BCUT2D eigenvalue weighted by Gasteiger charge is 2.40. The summed E-state index contributed by atoms with van der Waals surface area (Å²) in [6.45, 7) is 1.95. The average molecular weight is 395 g/mol. The van der Waals surface area contributed by atoms with Gasteiger partial charge in [-0.15, -0.1) is 0 Å². The lowest BCUT2D eigenvalue weighted by Crippen LogP contribution is -2.36. The van der Waals surface area contributed by atoms with Gasteiger partial charge in [0.25, 0.3) is 0 Å². The zero-order valence-electron chi connectivity index (χ0n) is 16.9. The Morgan fingerprint density at radius 2 is 1.71 bits per heavy atom. The van der Waals surface area contributed by atoms with Crippen molar-refractivity contribution in [3.8, 4) is 6.07 Å². The predicted octanol–water partition coefficient (Wildman–Crippen LogP) is 6.59. The first-order valence-electron chi connectivity index (χ1n) is 10.5. The van der Waals surface area contributed by atoms with E-state index in [1.807, 2.05) is 12.1 Å². The Balaban J connectivity index is 1.70. The molecule has 3 rings (SSSR count). The van der Waals surface area contributed by atoms with Crippen LogP contribution in [0.25, 0.3) is 0 Å². The van der Waals surface area contributed by atoms with Gasteiger partial charge in [0.15, 0.2) is 0 Å². The quantitative estimate of drug-likeness (QED) is 0.504. The Bertz CT molecular complexity index is 759. The van der Waals surface area contributed by atoms with Crippen molar-refractivity contribution >= 4 is 11.6 Å². The summed E-state index contributed by atoms with van der Waals surface area (Å²) in [7, 11) is 2.17. The second-order valence-electron chi connectivity index (χ2n) is 8.25. The molecule has 0 heterocycles. The molecule has 1 fully saturated rings. The monoisotopic (exact) mass is 394 g/mol. The van der Waals surface area contributed by atoms with Crippen molar-refractivity contribution in [3.63, 3.8) is 0 Å². The third-order valence-corrected chi connectivity index (χ3v) is 6.52. The topological polar surface area (TPSA) is 27.0 Å². The van der Waals surface area contributed by atoms with Gasteiger partial charge in [0.05, 0.1) is 11.5 Å². The molecule has 0 N–H and O–H groups in total. The van der Waals surface area contributed by atoms with Gasteiger partial charge < -0.3 is 4.90 Å². The van der Waals surface area contributed by atoms with E-state index in [9.17, 15) is 5.26 Å². The van der Waals surface area contributed by atoms with E-state index < -0.39 is 5.41 Å². The highest BCUT2D eigenvalue weighted by Crippen LogP contribution is 2.44. The minimum absolute atomic E-state index is 0.390. The van der Waals surface area contributed by atoms with Crippen LogP contribution in [-0.4, -0.2) is 18.5 Å². The minimum Gasteiger partial charge on any atom is -0.302 e. The van der Waals surface area contributed by atoms with Crippen molar-refractivity contribution in [3.05, 3.63) is 70.7 Å². The molecule has 1 atom stereocenters. The van der Waals surface area contributed by atoms with Crippen LogP contribution >= 0.6 is 11.6 Å². The summed E-state index contributed by atoms with van der Waals surface area (Å²) in [6, 6.07) is 21.4. The van der Waals surface area contributed by atoms with Crippen molar-refractivity contribution in [1.29, 1.82) is 5.26 Å². The lowest BCUT2D eigenvalue weighted by atomic mass is 9.63. The van der Waals surface area contributed by atoms with Crippen LogP contribution in [0.15, 0.2) is 54.6 Å². The summed E-state index contributed by atoms with van der Waals surface area (Å²) < 4.78 is 0. The fourth-order valence-corrected chi connectivity index (χ4v) is 4.87. The van der Waals surface area contributed by atoms with Gasteiger partial charge in [-0.1, -0.05) is 73.3 Å². The third-order valence-electron chi connectivity index (χ3n) is 6.27. The molecule has 0 amide bonds. The molecule has 2 aromatic carbocycles. The van der Waals surface area contributed by atoms with Crippen LogP contribution in [0.5, 0.6) is 0 Å². The lowest BCUT2D eigenvalue weighted by Gasteiger charge is -2.38. The molecule has 1 aliphatic rings. The summed E-state index contributed by atoms with van der Waals surface area (Å²) in [6.07, 6.45) is 8.06. The Kier molecular flexibility index (Phi) is 7.54. The number of nitriles is 1. The van der Waals surface area contributed by atoms with E-state index in [2.05, 4.69) is 60.5 Å². The molecule has 1 aliphatic carbocycles. The summed E-state index contributed by atoms with van der Waals surface area (Å²) in [5, 5.41) is 11.1. The van der Waals surface area contributed by atoms with Crippen LogP contribution in [-0.2, 0) is 12.0 Å². The Morgan fingerprint density at radius 3 is 2.36 bits per heavy atom. The van der Waals surface area contributed by atoms with Crippen LogP contribution in [0.2, 0.25) is 5.02 Å². The van der Waals surface area contributed by atoms with Crippen LogP contribution in [0.1, 0.15) is 56.1 Å². The molecule has 1 saturated carbocycles. The van der Waals surface area contributed by atoms with Gasteiger partial charge in [-0.2, -0.15) is 5.26 Å². The summed E-state index contributed by atoms with van der Waals surface area (Å²) in [5.74, 6) is 0.451. The maximum absolute atomic E-state index is 10.4. The zero-order valence-corrected chi connectivity index (χ0v) is 17.7. The lowest BCUT2D eigenvalue weighted by molar-refractivity contribution is 0.223. The average Bonchev–Trinajstić information content (AvgIpc) is 2.73. The summed E-state index contributed by atoms with van der Waals surface area (Å²) in [5.41, 5.74) is 2.09. The molecule has 3 heteroatoms. The number of nitrogens with zero attached hydrogens (tertiary/aromatic N) is 2. The molecule has 148 valence electrons. The summed E-state index contributed by atoms with van der Waals surface area (Å²) in [4.78, 5) is 2.36. The molecular formula is C25H31ClN2. The van der Waals surface area contributed by atoms with Crippen LogP contribution < -0.4 is 0 Å². The Labute approximate surface area is 175 Å².